The molecule has 1 aromatic rings. The highest BCUT2D eigenvalue weighted by Gasteiger charge is 1.98. The molecule has 11 heavy (non-hydrogen) atoms. The van der Waals surface area contributed by atoms with Gasteiger partial charge in [0.1, 0.15) is 4.20 Å². The number of hydrogen-bond donors (Lipinski definition) is 0. The summed E-state index contributed by atoms with van der Waals surface area (Å²) in [5.74, 6) is 0. The maximum absolute atomic E-state index is 5.06. The highest BCUT2D eigenvalue weighted by Crippen LogP contribution is 2.12. The van der Waals surface area contributed by atoms with Crippen LogP contribution in [0.5, 0.6) is 0 Å². The zero-order valence-electron chi connectivity index (χ0n) is 6.11. The van der Waals surface area contributed by atoms with E-state index in [1.54, 1.807) is 7.11 Å². The molecule has 0 aromatic heterocycles. The van der Waals surface area contributed by atoms with Crippen LogP contribution in [-0.2, 0) is 4.18 Å². The monoisotopic (exact) mass is 184 g/mol. The molecule has 1 nitrogen and oxygen atoms in total. The van der Waals surface area contributed by atoms with Crippen molar-refractivity contribution in [1.82, 2.24) is 0 Å². The van der Waals surface area contributed by atoms with E-state index < -0.39 is 0 Å². The number of benzene rings is 1. The van der Waals surface area contributed by atoms with Gasteiger partial charge in [0.05, 0.1) is 7.11 Å². The quantitative estimate of drug-likeness (QED) is 0.516. The Labute approximate surface area is 76.0 Å². The van der Waals surface area contributed by atoms with E-state index in [1.165, 1.54) is 12.0 Å². The van der Waals surface area contributed by atoms with Crippen molar-refractivity contribution in [2.75, 3.05) is 7.11 Å². The molecule has 0 radical (unpaired) electrons. The third kappa shape index (κ3) is 2.61. The fourth-order valence-electron chi connectivity index (χ4n) is 0.698. The summed E-state index contributed by atoms with van der Waals surface area (Å²) in [4.78, 5) is 0. The molecule has 0 saturated carbocycles. The highest BCUT2D eigenvalue weighted by molar-refractivity contribution is 8.20. The molecule has 1 aromatic carbocycles. The summed E-state index contributed by atoms with van der Waals surface area (Å²) >= 11 is 6.27. The van der Waals surface area contributed by atoms with E-state index in [-0.39, 0.29) is 0 Å². The minimum atomic E-state index is 0.771. The fraction of sp³-hybridized carbons (Fsp3) is 0.125. The van der Waals surface area contributed by atoms with Gasteiger partial charge in [-0.05, 0) is 0 Å². The molecular formula is C8H8OS2. The summed E-state index contributed by atoms with van der Waals surface area (Å²) in [5.41, 5.74) is 1.04. The molecule has 3 heteroatoms. The first-order valence-electron chi connectivity index (χ1n) is 3.14. The minimum Gasteiger partial charge on any atom is -0.313 e. The van der Waals surface area contributed by atoms with Crippen molar-refractivity contribution in [3.05, 3.63) is 35.9 Å². The standard InChI is InChI=1S/C8H8OS2/c1-9-11-8(10)7-5-3-2-4-6-7/h2-6H,1H3. The van der Waals surface area contributed by atoms with Crippen molar-refractivity contribution < 1.29 is 4.18 Å². The Morgan fingerprint density at radius 2 is 2.00 bits per heavy atom. The van der Waals surface area contributed by atoms with Crippen LogP contribution in [0.15, 0.2) is 30.3 Å². The van der Waals surface area contributed by atoms with Gasteiger partial charge >= 0.3 is 0 Å². The molecule has 0 N–H and O–H groups in total. The molecule has 0 fully saturated rings. The van der Waals surface area contributed by atoms with Gasteiger partial charge in [0, 0.05) is 17.6 Å². The Balaban J connectivity index is 2.69. The molecule has 0 unspecified atom stereocenters. The lowest BCUT2D eigenvalue weighted by Crippen LogP contribution is -1.89. The lowest BCUT2D eigenvalue weighted by atomic mass is 10.2. The van der Waals surface area contributed by atoms with Crippen LogP contribution < -0.4 is 0 Å². The van der Waals surface area contributed by atoms with Gasteiger partial charge in [-0.2, -0.15) is 0 Å². The average Bonchev–Trinajstić information content (AvgIpc) is 2.07. The van der Waals surface area contributed by atoms with E-state index >= 15 is 0 Å². The topological polar surface area (TPSA) is 9.23 Å². The second-order valence-electron chi connectivity index (χ2n) is 1.90. The minimum absolute atomic E-state index is 0.771. The van der Waals surface area contributed by atoms with Crippen molar-refractivity contribution in [3.8, 4) is 0 Å². The number of thiocarbonyl (C=S) groups is 1. The molecule has 0 aliphatic heterocycles. The zero-order valence-corrected chi connectivity index (χ0v) is 7.74. The normalized spacial score (nSPS) is 9.55. The molecule has 0 amide bonds. The van der Waals surface area contributed by atoms with Crippen LogP contribution >= 0.6 is 24.3 Å². The molecule has 0 aliphatic rings. The second kappa shape index (κ2) is 4.49. The first-order valence-corrected chi connectivity index (χ1v) is 4.29. The van der Waals surface area contributed by atoms with E-state index in [1.807, 2.05) is 30.3 Å². The lowest BCUT2D eigenvalue weighted by Gasteiger charge is -1.98. The van der Waals surface area contributed by atoms with Gasteiger partial charge in [0.25, 0.3) is 0 Å². The van der Waals surface area contributed by atoms with Gasteiger partial charge < -0.3 is 4.18 Å². The lowest BCUT2D eigenvalue weighted by molar-refractivity contribution is 0.496. The molecule has 0 aliphatic carbocycles. The number of rotatable bonds is 2. The second-order valence-corrected chi connectivity index (χ2v) is 3.48. The van der Waals surface area contributed by atoms with Gasteiger partial charge in [0.2, 0.25) is 0 Å². The maximum Gasteiger partial charge on any atom is 0.105 e. The summed E-state index contributed by atoms with van der Waals surface area (Å²) in [5, 5.41) is 0. The van der Waals surface area contributed by atoms with Crippen LogP contribution in [0.25, 0.3) is 0 Å². The van der Waals surface area contributed by atoms with Crippen molar-refractivity contribution >= 4 is 28.5 Å². The van der Waals surface area contributed by atoms with E-state index in [0.29, 0.717) is 0 Å². The van der Waals surface area contributed by atoms with E-state index in [9.17, 15) is 0 Å². The Kier molecular flexibility index (Phi) is 3.56. The average molecular weight is 184 g/mol. The Hall–Kier alpha value is -0.380. The number of hydrogen-bond acceptors (Lipinski definition) is 3. The van der Waals surface area contributed by atoms with E-state index in [0.717, 1.165) is 9.76 Å². The predicted molar refractivity (Wildman–Crippen MR) is 52.7 cm³/mol. The van der Waals surface area contributed by atoms with Crippen LogP contribution in [0, 0.1) is 0 Å². The van der Waals surface area contributed by atoms with E-state index in [2.05, 4.69) is 0 Å². The van der Waals surface area contributed by atoms with E-state index in [4.69, 9.17) is 16.4 Å². The molecule has 58 valence electrons. The summed E-state index contributed by atoms with van der Waals surface area (Å²) in [6.07, 6.45) is 0. The maximum atomic E-state index is 5.06. The van der Waals surface area contributed by atoms with Crippen LogP contribution in [0.2, 0.25) is 0 Å². The molecule has 0 heterocycles. The summed E-state index contributed by atoms with van der Waals surface area (Å²) < 4.78 is 5.60. The Morgan fingerprint density at radius 3 is 2.55 bits per heavy atom. The van der Waals surface area contributed by atoms with Crippen molar-refractivity contribution in [3.63, 3.8) is 0 Å². The van der Waals surface area contributed by atoms with Gasteiger partial charge in [0.15, 0.2) is 0 Å². The zero-order chi connectivity index (χ0) is 8.10. The summed E-state index contributed by atoms with van der Waals surface area (Å²) in [6, 6.07) is 9.81. The first-order chi connectivity index (χ1) is 5.34. The van der Waals surface area contributed by atoms with Crippen LogP contribution in [-0.4, -0.2) is 11.3 Å². The predicted octanol–water partition coefficient (Wildman–Crippen LogP) is 2.66. The molecule has 0 saturated heterocycles. The fourth-order valence-corrected chi connectivity index (χ4v) is 1.42. The molecule has 0 atom stereocenters. The van der Waals surface area contributed by atoms with Crippen molar-refractivity contribution in [2.24, 2.45) is 0 Å². The van der Waals surface area contributed by atoms with Crippen molar-refractivity contribution in [1.29, 1.82) is 0 Å². The summed E-state index contributed by atoms with van der Waals surface area (Å²) in [6.45, 7) is 0. The molecule has 0 spiro atoms. The summed E-state index contributed by atoms with van der Waals surface area (Å²) in [7, 11) is 1.61. The first kappa shape index (κ1) is 8.71. The van der Waals surface area contributed by atoms with Gasteiger partial charge in [-0.3, -0.25) is 0 Å². The third-order valence-corrected chi connectivity index (χ3v) is 2.16. The van der Waals surface area contributed by atoms with Crippen molar-refractivity contribution in [2.45, 2.75) is 0 Å². The van der Waals surface area contributed by atoms with Gasteiger partial charge in [-0.1, -0.05) is 42.5 Å². The van der Waals surface area contributed by atoms with Gasteiger partial charge in [-0.25, -0.2) is 0 Å². The highest BCUT2D eigenvalue weighted by atomic mass is 32.2. The Morgan fingerprint density at radius 1 is 1.36 bits per heavy atom. The van der Waals surface area contributed by atoms with Crippen LogP contribution in [0.3, 0.4) is 0 Å². The SMILES string of the molecule is COSC(=S)c1ccccc1. The Bertz CT molecular complexity index is 233. The molecule has 0 bridgehead atoms. The van der Waals surface area contributed by atoms with Crippen LogP contribution in [0.4, 0.5) is 0 Å². The largest absolute Gasteiger partial charge is 0.313 e. The van der Waals surface area contributed by atoms with Crippen LogP contribution in [0.1, 0.15) is 5.56 Å². The smallest absolute Gasteiger partial charge is 0.105 e. The van der Waals surface area contributed by atoms with Gasteiger partial charge in [-0.15, -0.1) is 0 Å². The third-order valence-electron chi connectivity index (χ3n) is 1.17. The molecule has 1 rings (SSSR count). The molecular weight excluding hydrogens is 176 g/mol.